The highest BCUT2D eigenvalue weighted by Gasteiger charge is 2.22. The van der Waals surface area contributed by atoms with Gasteiger partial charge in [-0.05, 0) is 32.1 Å². The zero-order valence-corrected chi connectivity index (χ0v) is 11.2. The van der Waals surface area contributed by atoms with Gasteiger partial charge in [-0.2, -0.15) is 0 Å². The van der Waals surface area contributed by atoms with Crippen molar-refractivity contribution in [3.63, 3.8) is 0 Å². The van der Waals surface area contributed by atoms with Crippen molar-refractivity contribution in [2.45, 2.75) is 51.6 Å². The molecule has 0 atom stereocenters. The fourth-order valence-electron chi connectivity index (χ4n) is 2.16. The monoisotopic (exact) mass is 242 g/mol. The summed E-state index contributed by atoms with van der Waals surface area (Å²) in [6, 6.07) is 0. The average Bonchev–Trinajstić information content (AvgIpc) is 2.39. The molecule has 1 rings (SSSR count). The summed E-state index contributed by atoms with van der Waals surface area (Å²) < 4.78 is 0. The molecule has 1 amide bonds. The van der Waals surface area contributed by atoms with Gasteiger partial charge in [0, 0.05) is 19.6 Å². The van der Waals surface area contributed by atoms with Crippen molar-refractivity contribution in [2.24, 2.45) is 0 Å². The summed E-state index contributed by atoms with van der Waals surface area (Å²) in [5.41, 5.74) is -0.665. The Morgan fingerprint density at radius 1 is 1.24 bits per heavy atom. The third-order valence-corrected chi connectivity index (χ3v) is 3.76. The van der Waals surface area contributed by atoms with E-state index in [4.69, 9.17) is 0 Å². The Morgan fingerprint density at radius 3 is 2.35 bits per heavy atom. The van der Waals surface area contributed by atoms with Crippen molar-refractivity contribution in [3.8, 4) is 0 Å². The molecule has 100 valence electrons. The lowest BCUT2D eigenvalue weighted by Crippen LogP contribution is -2.45. The summed E-state index contributed by atoms with van der Waals surface area (Å²) in [6.45, 7) is 6.58. The molecule has 17 heavy (non-hydrogen) atoms. The lowest BCUT2D eigenvalue weighted by molar-refractivity contribution is -0.131. The summed E-state index contributed by atoms with van der Waals surface area (Å²) in [4.78, 5) is 13.8. The fraction of sp³-hybridized carbons (Fsp3) is 0.923. The van der Waals surface area contributed by atoms with E-state index < -0.39 is 5.60 Å². The molecule has 0 unspecified atom stereocenters. The number of rotatable bonds is 6. The first-order valence-corrected chi connectivity index (χ1v) is 6.82. The molecule has 4 heteroatoms. The van der Waals surface area contributed by atoms with Gasteiger partial charge in [0.05, 0.1) is 12.1 Å². The predicted octanol–water partition coefficient (Wildman–Crippen LogP) is 1.14. The summed E-state index contributed by atoms with van der Waals surface area (Å²) in [7, 11) is 0. The van der Waals surface area contributed by atoms with Crippen molar-refractivity contribution in [2.75, 3.05) is 26.2 Å². The van der Waals surface area contributed by atoms with Gasteiger partial charge >= 0.3 is 0 Å². The minimum absolute atomic E-state index is 0.166. The minimum Gasteiger partial charge on any atom is -0.389 e. The Balaban J connectivity index is 2.23. The smallest absolute Gasteiger partial charge is 0.236 e. The van der Waals surface area contributed by atoms with E-state index in [1.54, 1.807) is 0 Å². The van der Waals surface area contributed by atoms with Crippen molar-refractivity contribution >= 4 is 5.91 Å². The molecule has 0 spiro atoms. The first-order valence-electron chi connectivity index (χ1n) is 6.82. The van der Waals surface area contributed by atoms with E-state index in [1.165, 1.54) is 6.42 Å². The molecule has 1 fully saturated rings. The lowest BCUT2D eigenvalue weighted by atomic mass is 9.98. The van der Waals surface area contributed by atoms with Crippen molar-refractivity contribution in [1.29, 1.82) is 0 Å². The zero-order valence-electron chi connectivity index (χ0n) is 11.2. The van der Waals surface area contributed by atoms with E-state index in [9.17, 15) is 9.90 Å². The first kappa shape index (κ1) is 14.5. The van der Waals surface area contributed by atoms with Crippen LogP contribution in [-0.4, -0.2) is 47.7 Å². The molecule has 1 heterocycles. The number of likely N-dealkylation sites (tertiary alicyclic amines) is 1. The van der Waals surface area contributed by atoms with Gasteiger partial charge in [-0.1, -0.05) is 13.8 Å². The summed E-state index contributed by atoms with van der Waals surface area (Å²) in [6.07, 6.45) is 4.92. The molecule has 0 saturated carbocycles. The van der Waals surface area contributed by atoms with Crippen LogP contribution in [0.2, 0.25) is 0 Å². The maximum absolute atomic E-state index is 11.8. The molecule has 1 aliphatic heterocycles. The first-order chi connectivity index (χ1) is 8.11. The Bertz CT molecular complexity index is 234. The van der Waals surface area contributed by atoms with Crippen LogP contribution in [0.5, 0.6) is 0 Å². The van der Waals surface area contributed by atoms with Crippen LogP contribution in [0.25, 0.3) is 0 Å². The quantitative estimate of drug-likeness (QED) is 0.734. The number of nitrogens with zero attached hydrogens (tertiary/aromatic N) is 1. The number of carbonyl (C=O) groups is 1. The number of piperidine rings is 1. The minimum atomic E-state index is -0.665. The molecule has 0 bridgehead atoms. The molecule has 1 aliphatic rings. The highest BCUT2D eigenvalue weighted by molar-refractivity contribution is 5.78. The van der Waals surface area contributed by atoms with E-state index in [0.717, 1.165) is 25.9 Å². The summed E-state index contributed by atoms with van der Waals surface area (Å²) >= 11 is 0. The van der Waals surface area contributed by atoms with Crippen LogP contribution in [0.4, 0.5) is 0 Å². The van der Waals surface area contributed by atoms with Crippen LogP contribution in [0.1, 0.15) is 46.0 Å². The van der Waals surface area contributed by atoms with Crippen LogP contribution in [0.15, 0.2) is 0 Å². The second kappa shape index (κ2) is 6.97. The number of hydrogen-bond donors (Lipinski definition) is 2. The molecule has 0 aromatic rings. The van der Waals surface area contributed by atoms with Gasteiger partial charge in [0.2, 0.25) is 5.91 Å². The van der Waals surface area contributed by atoms with Gasteiger partial charge in [-0.15, -0.1) is 0 Å². The maximum Gasteiger partial charge on any atom is 0.236 e. The van der Waals surface area contributed by atoms with Gasteiger partial charge in [-0.25, -0.2) is 0 Å². The molecule has 4 nitrogen and oxygen atoms in total. The fourth-order valence-corrected chi connectivity index (χ4v) is 2.16. The third-order valence-electron chi connectivity index (χ3n) is 3.76. The Kier molecular flexibility index (Phi) is 5.92. The lowest BCUT2D eigenvalue weighted by Gasteiger charge is -2.29. The normalized spacial score (nSPS) is 17.2. The number of carbonyl (C=O) groups excluding carboxylic acids is 1. The number of hydrogen-bond acceptors (Lipinski definition) is 3. The topological polar surface area (TPSA) is 52.6 Å². The van der Waals surface area contributed by atoms with Gasteiger partial charge in [0.15, 0.2) is 0 Å². The van der Waals surface area contributed by atoms with E-state index in [0.29, 0.717) is 25.9 Å². The molecule has 2 N–H and O–H groups in total. The van der Waals surface area contributed by atoms with Crippen LogP contribution < -0.4 is 5.32 Å². The van der Waals surface area contributed by atoms with Gasteiger partial charge in [0.25, 0.3) is 0 Å². The van der Waals surface area contributed by atoms with Gasteiger partial charge in [0.1, 0.15) is 0 Å². The van der Waals surface area contributed by atoms with E-state index >= 15 is 0 Å². The number of nitrogens with one attached hydrogen (secondary N) is 1. The summed E-state index contributed by atoms with van der Waals surface area (Å²) in [5, 5.41) is 13.1. The summed E-state index contributed by atoms with van der Waals surface area (Å²) in [5.74, 6) is 0.166. The van der Waals surface area contributed by atoms with Crippen molar-refractivity contribution < 1.29 is 9.90 Å². The molecule has 0 radical (unpaired) electrons. The van der Waals surface area contributed by atoms with E-state index in [1.807, 2.05) is 18.7 Å². The largest absolute Gasteiger partial charge is 0.389 e. The number of aliphatic hydroxyl groups is 1. The highest BCUT2D eigenvalue weighted by atomic mass is 16.3. The van der Waals surface area contributed by atoms with E-state index in [-0.39, 0.29) is 5.91 Å². The molecule has 0 aliphatic carbocycles. The SMILES string of the molecule is CCC(O)(CC)CNCC(=O)N1CCCCC1. The van der Waals surface area contributed by atoms with Gasteiger partial charge in [-0.3, -0.25) is 4.79 Å². The second-order valence-electron chi connectivity index (χ2n) is 4.98. The van der Waals surface area contributed by atoms with Gasteiger partial charge < -0.3 is 15.3 Å². The molecule has 1 saturated heterocycles. The Morgan fingerprint density at radius 2 is 1.82 bits per heavy atom. The maximum atomic E-state index is 11.8. The average molecular weight is 242 g/mol. The van der Waals surface area contributed by atoms with Crippen LogP contribution in [0, 0.1) is 0 Å². The molecule has 0 aromatic heterocycles. The van der Waals surface area contributed by atoms with Crippen molar-refractivity contribution in [3.05, 3.63) is 0 Å². The molecular weight excluding hydrogens is 216 g/mol. The standard InChI is InChI=1S/C13H26N2O2/c1-3-13(17,4-2)11-14-10-12(16)15-8-6-5-7-9-15/h14,17H,3-11H2,1-2H3. The molecular formula is C13H26N2O2. The van der Waals surface area contributed by atoms with E-state index in [2.05, 4.69) is 5.32 Å². The Labute approximate surface area is 104 Å². The van der Waals surface area contributed by atoms with Crippen molar-refractivity contribution in [1.82, 2.24) is 10.2 Å². The van der Waals surface area contributed by atoms with Crippen LogP contribution in [0.3, 0.4) is 0 Å². The molecule has 0 aromatic carbocycles. The number of amides is 1. The third kappa shape index (κ3) is 4.64. The Hall–Kier alpha value is -0.610. The van der Waals surface area contributed by atoms with Crippen LogP contribution >= 0.6 is 0 Å². The second-order valence-corrected chi connectivity index (χ2v) is 4.98. The van der Waals surface area contributed by atoms with Crippen LogP contribution in [-0.2, 0) is 4.79 Å². The highest BCUT2D eigenvalue weighted by Crippen LogP contribution is 2.13. The zero-order chi connectivity index (χ0) is 12.7. The predicted molar refractivity (Wildman–Crippen MR) is 68.8 cm³/mol.